The molecule has 4 heterocycles. The Kier molecular flexibility index (Phi) is 14.4. The van der Waals surface area contributed by atoms with Gasteiger partial charge in [-0.2, -0.15) is 0 Å². The van der Waals surface area contributed by atoms with Crippen LogP contribution in [0.4, 0.5) is 0 Å². The van der Waals surface area contributed by atoms with Gasteiger partial charge >= 0.3 is 11.9 Å². The van der Waals surface area contributed by atoms with Crippen LogP contribution in [-0.4, -0.2) is 114 Å². The molecule has 16 nitrogen and oxygen atoms in total. The lowest BCUT2D eigenvalue weighted by Crippen LogP contribution is -2.59. The van der Waals surface area contributed by atoms with E-state index in [0.29, 0.717) is 6.42 Å². The van der Waals surface area contributed by atoms with Gasteiger partial charge < -0.3 is 49.1 Å². The zero-order valence-electron chi connectivity index (χ0n) is 27.9. The number of aliphatic hydroxyl groups excluding tert-OH is 4. The molecular weight excluding hydrogens is 656 g/mol. The summed E-state index contributed by atoms with van der Waals surface area (Å²) in [6.45, 7) is 4.74. The number of hydrogen-bond donors (Lipinski definition) is 5. The number of allylic oxidation sites excluding steroid dienone is 7. The van der Waals surface area contributed by atoms with E-state index in [2.05, 4.69) is 21.9 Å². The van der Waals surface area contributed by atoms with E-state index >= 15 is 0 Å². The highest BCUT2D eigenvalue weighted by Crippen LogP contribution is 2.36. The van der Waals surface area contributed by atoms with Crippen LogP contribution < -0.4 is 5.56 Å². The van der Waals surface area contributed by atoms with Crippen LogP contribution in [0.25, 0.3) is 11.2 Å². The van der Waals surface area contributed by atoms with E-state index < -0.39 is 85.5 Å². The molecule has 0 unspecified atom stereocenters. The first-order chi connectivity index (χ1) is 24.0. The van der Waals surface area contributed by atoms with Gasteiger partial charge in [-0.15, -0.1) is 0 Å². The van der Waals surface area contributed by atoms with Crippen molar-refractivity contribution in [3.8, 4) is 0 Å². The third-order valence-corrected chi connectivity index (χ3v) is 7.85. The number of H-pyrrole nitrogens is 1. The molecule has 2 saturated heterocycles. The molecule has 0 amide bonds. The second-order valence-electron chi connectivity index (χ2n) is 11.7. The second-order valence-corrected chi connectivity index (χ2v) is 11.7. The van der Waals surface area contributed by atoms with Crippen molar-refractivity contribution in [2.45, 2.75) is 101 Å². The topological polar surface area (TPSA) is 225 Å². The van der Waals surface area contributed by atoms with E-state index in [0.717, 1.165) is 18.9 Å². The van der Waals surface area contributed by atoms with E-state index in [1.807, 2.05) is 6.08 Å². The lowest BCUT2D eigenvalue weighted by Gasteiger charge is -2.41. The van der Waals surface area contributed by atoms with Gasteiger partial charge in [0.25, 0.3) is 5.56 Å². The molecule has 2 aromatic heterocycles. The molecule has 16 heteroatoms. The summed E-state index contributed by atoms with van der Waals surface area (Å²) in [6, 6.07) is 0. The molecule has 0 saturated carbocycles. The number of carbonyl (C=O) groups excluding carboxylic acids is 2. The molecule has 50 heavy (non-hydrogen) atoms. The molecule has 0 bridgehead atoms. The number of nitrogens with one attached hydrogen (secondary N) is 1. The minimum Gasteiger partial charge on any atom is -0.455 e. The maximum absolute atomic E-state index is 12.5. The molecule has 0 aromatic carbocycles. The first-order valence-corrected chi connectivity index (χ1v) is 16.3. The minimum atomic E-state index is -1.72. The summed E-state index contributed by atoms with van der Waals surface area (Å²) >= 11 is 0. The van der Waals surface area contributed by atoms with Gasteiger partial charge in [-0.05, 0) is 32.8 Å². The van der Waals surface area contributed by atoms with Gasteiger partial charge in [0.05, 0.1) is 25.4 Å². The second kappa shape index (κ2) is 18.6. The van der Waals surface area contributed by atoms with Crippen LogP contribution in [0.3, 0.4) is 0 Å². The molecule has 2 fully saturated rings. The maximum atomic E-state index is 12.5. The summed E-state index contributed by atoms with van der Waals surface area (Å²) in [5.41, 5.74) is -0.378. The summed E-state index contributed by atoms with van der Waals surface area (Å²) < 4.78 is 29.4. The highest BCUT2D eigenvalue weighted by atomic mass is 16.7. The molecule has 10 atom stereocenters. The Morgan fingerprint density at radius 1 is 1.00 bits per heavy atom. The van der Waals surface area contributed by atoms with Crippen molar-refractivity contribution in [3.05, 3.63) is 83.8 Å². The third kappa shape index (κ3) is 9.91. The number of rotatable bonds is 15. The quantitative estimate of drug-likeness (QED) is 0.0758. The fourth-order valence-electron chi connectivity index (χ4n) is 5.28. The Bertz CT molecular complexity index is 1630. The molecular formula is C34H44N4O12. The predicted octanol–water partition coefficient (Wildman–Crippen LogP) is 1.04. The molecule has 2 aliphatic heterocycles. The Balaban J connectivity index is 1.27. The number of nitrogens with zero attached hydrogens (tertiary/aromatic N) is 3. The number of aliphatic hydroxyl groups is 4. The van der Waals surface area contributed by atoms with Crippen LogP contribution in [-0.2, 0) is 33.3 Å². The summed E-state index contributed by atoms with van der Waals surface area (Å²) in [6.07, 6.45) is 8.75. The van der Waals surface area contributed by atoms with Crippen molar-refractivity contribution in [3.63, 3.8) is 0 Å². The van der Waals surface area contributed by atoms with Crippen molar-refractivity contribution in [2.75, 3.05) is 6.61 Å². The number of aromatic amines is 1. The molecule has 0 radical (unpaired) electrons. The Morgan fingerprint density at radius 3 is 2.48 bits per heavy atom. The molecule has 0 spiro atoms. The van der Waals surface area contributed by atoms with Gasteiger partial charge in [0.15, 0.2) is 29.8 Å². The molecule has 0 aliphatic carbocycles. The van der Waals surface area contributed by atoms with Gasteiger partial charge in [-0.3, -0.25) is 9.36 Å². The summed E-state index contributed by atoms with van der Waals surface area (Å²) in [5.74, 6) is -1.24. The van der Waals surface area contributed by atoms with Gasteiger partial charge in [-0.25, -0.2) is 19.6 Å². The largest absolute Gasteiger partial charge is 0.455 e. The van der Waals surface area contributed by atoms with Gasteiger partial charge in [-0.1, -0.05) is 55.9 Å². The first-order valence-electron chi connectivity index (χ1n) is 16.3. The normalized spacial score (nSPS) is 29.7. The number of carbonyl (C=O) groups is 2. The van der Waals surface area contributed by atoms with Crippen LogP contribution in [0.1, 0.15) is 46.3 Å². The number of ether oxygens (including phenoxy) is 5. The summed E-state index contributed by atoms with van der Waals surface area (Å²) in [4.78, 5) is 47.0. The average molecular weight is 701 g/mol. The van der Waals surface area contributed by atoms with Crippen LogP contribution in [0.2, 0.25) is 0 Å². The zero-order chi connectivity index (χ0) is 36.2. The number of hydrogen-bond acceptors (Lipinski definition) is 14. The highest BCUT2D eigenvalue weighted by molar-refractivity contribution is 5.83. The van der Waals surface area contributed by atoms with Crippen LogP contribution in [0.15, 0.2) is 78.2 Å². The van der Waals surface area contributed by atoms with Crippen molar-refractivity contribution in [1.82, 2.24) is 19.5 Å². The van der Waals surface area contributed by atoms with E-state index in [1.165, 1.54) is 36.3 Å². The molecule has 2 aliphatic rings. The van der Waals surface area contributed by atoms with Crippen molar-refractivity contribution < 1.29 is 53.7 Å². The number of esters is 2. The smallest absolute Gasteiger partial charge is 0.331 e. The lowest BCUT2D eigenvalue weighted by atomic mass is 9.99. The predicted molar refractivity (Wildman–Crippen MR) is 177 cm³/mol. The highest BCUT2D eigenvalue weighted by Gasteiger charge is 2.51. The van der Waals surface area contributed by atoms with E-state index in [-0.39, 0.29) is 11.2 Å². The molecule has 4 rings (SSSR count). The first kappa shape index (κ1) is 38.5. The summed E-state index contributed by atoms with van der Waals surface area (Å²) in [5, 5.41) is 42.4. The van der Waals surface area contributed by atoms with Crippen LogP contribution in [0.5, 0.6) is 0 Å². The number of aromatic nitrogens is 4. The van der Waals surface area contributed by atoms with Gasteiger partial charge in [0, 0.05) is 12.2 Å². The van der Waals surface area contributed by atoms with Crippen molar-refractivity contribution in [2.24, 2.45) is 0 Å². The van der Waals surface area contributed by atoms with Crippen LogP contribution >= 0.6 is 0 Å². The summed E-state index contributed by atoms with van der Waals surface area (Å²) in [7, 11) is 0. The standard InChI is InChI=1S/C34H44N4O12/c1-4-5-6-8-12-15-23(40)46-20(2)14-11-9-7-10-13-16-24(41)49-29-21(3)47-34(28(44)27(29)43)50-30-26(42)22(17-39)48-33(30)38-19-37-25-31(38)35-18-36-32(25)45/h6-8,10-16,18-22,26-30,33-34,39,42-44H,4-5,9,17H2,1-3H3,(H,35,36,45)/b8-6-,10-7+,14-11-,15-12-,16-13+/t20-,21-,22+,26+,27-,28-,29+,30+,33+,34-/m0/s1. The fourth-order valence-corrected chi connectivity index (χ4v) is 5.28. The number of imidazole rings is 1. The molecule has 5 N–H and O–H groups in total. The molecule has 272 valence electrons. The van der Waals surface area contributed by atoms with E-state index in [1.54, 1.807) is 43.4 Å². The number of fused-ring (bicyclic) bond motifs is 1. The zero-order valence-corrected chi connectivity index (χ0v) is 27.9. The Labute approximate surface area is 288 Å². The Morgan fingerprint density at radius 2 is 1.74 bits per heavy atom. The lowest BCUT2D eigenvalue weighted by molar-refractivity contribution is -0.314. The van der Waals surface area contributed by atoms with Crippen LogP contribution in [0, 0.1) is 0 Å². The third-order valence-electron chi connectivity index (χ3n) is 7.85. The Hall–Kier alpha value is -4.29. The van der Waals surface area contributed by atoms with E-state index in [9.17, 15) is 34.8 Å². The monoisotopic (exact) mass is 700 g/mol. The fraction of sp³-hybridized carbons (Fsp3) is 0.500. The van der Waals surface area contributed by atoms with E-state index in [4.69, 9.17) is 23.7 Å². The maximum Gasteiger partial charge on any atom is 0.331 e. The van der Waals surface area contributed by atoms with Gasteiger partial charge in [0.2, 0.25) is 0 Å². The number of unbranched alkanes of at least 4 members (excludes halogenated alkanes) is 1. The SMILES string of the molecule is CCC/C=C\C=C/C(=O)O[C@@H](C)/C=C\C/C=C/C=C/C(=O)O[C@H]1[C@@H](O)[C@H](O)[C@H](O[C@@H]2[C@H](O)[C@@H](CO)O[C@H]2n2cnc3c(=O)[nH]cnc32)O[C@H]1C. The van der Waals surface area contributed by atoms with Crippen molar-refractivity contribution in [1.29, 1.82) is 0 Å². The average Bonchev–Trinajstić information content (AvgIpc) is 3.66. The molecule has 2 aromatic rings. The van der Waals surface area contributed by atoms with Gasteiger partial charge in [0.1, 0.15) is 36.6 Å². The van der Waals surface area contributed by atoms with Crippen molar-refractivity contribution >= 4 is 23.1 Å². The minimum absolute atomic E-state index is 0.00465.